The van der Waals surface area contributed by atoms with Crippen LogP contribution in [0, 0.1) is 6.92 Å². The van der Waals surface area contributed by atoms with E-state index in [0.717, 1.165) is 0 Å². The summed E-state index contributed by atoms with van der Waals surface area (Å²) in [6.45, 7) is 1.27. The third-order valence-electron chi connectivity index (χ3n) is 5.36. The van der Waals surface area contributed by atoms with E-state index in [9.17, 15) is 26.7 Å². The highest BCUT2D eigenvalue weighted by molar-refractivity contribution is 5.81. The standard InChI is InChI=1S/C21H19F5N4O/c1-12-10-13(15-11-16(31)17-14(28-15)4-2-7-27-17)19(29-18(12)21(24,25)26)30-8-3-5-20(22,23)6-9-30/h2,4,7,10-11H,3,5-6,8-9H2,1H3,(H,28,31). The first-order chi connectivity index (χ1) is 14.5. The highest BCUT2D eigenvalue weighted by atomic mass is 19.4. The third kappa shape index (κ3) is 4.24. The summed E-state index contributed by atoms with van der Waals surface area (Å²) in [5, 5.41) is 0. The lowest BCUT2D eigenvalue weighted by Crippen LogP contribution is -2.28. The number of anilines is 1. The molecule has 0 amide bonds. The normalized spacial score (nSPS) is 17.0. The number of H-pyrrole nitrogens is 1. The Kier molecular flexibility index (Phi) is 5.18. The van der Waals surface area contributed by atoms with Crippen LogP contribution in [0.1, 0.15) is 30.5 Å². The molecule has 1 aliphatic heterocycles. The van der Waals surface area contributed by atoms with Gasteiger partial charge in [0.1, 0.15) is 17.0 Å². The molecule has 3 aromatic heterocycles. The van der Waals surface area contributed by atoms with E-state index in [0.29, 0.717) is 5.52 Å². The molecule has 1 N–H and O–H groups in total. The number of nitrogens with zero attached hydrogens (tertiary/aromatic N) is 3. The van der Waals surface area contributed by atoms with E-state index in [4.69, 9.17) is 0 Å². The molecular weight excluding hydrogens is 419 g/mol. The van der Waals surface area contributed by atoms with Crippen LogP contribution in [0.3, 0.4) is 0 Å². The summed E-state index contributed by atoms with van der Waals surface area (Å²) in [7, 11) is 0. The van der Waals surface area contributed by atoms with E-state index >= 15 is 0 Å². The number of hydrogen-bond donors (Lipinski definition) is 1. The Bertz CT molecular complexity index is 1190. The largest absolute Gasteiger partial charge is 0.433 e. The van der Waals surface area contributed by atoms with Crippen LogP contribution in [-0.2, 0) is 6.18 Å². The summed E-state index contributed by atoms with van der Waals surface area (Å²) < 4.78 is 68.3. The predicted octanol–water partition coefficient (Wildman–Crippen LogP) is 4.94. The molecule has 4 rings (SSSR count). The van der Waals surface area contributed by atoms with Gasteiger partial charge in [-0.3, -0.25) is 9.78 Å². The number of aromatic nitrogens is 3. The number of hydrogen-bond acceptors (Lipinski definition) is 4. The number of aryl methyl sites for hydroxylation is 1. The van der Waals surface area contributed by atoms with E-state index < -0.39 is 29.6 Å². The Balaban J connectivity index is 1.91. The fraction of sp³-hybridized carbons (Fsp3) is 0.381. The second-order valence-electron chi connectivity index (χ2n) is 7.67. The van der Waals surface area contributed by atoms with Crippen LogP contribution in [0.5, 0.6) is 0 Å². The number of fused-ring (bicyclic) bond motifs is 1. The van der Waals surface area contributed by atoms with E-state index in [1.807, 2.05) is 0 Å². The van der Waals surface area contributed by atoms with Crippen LogP contribution < -0.4 is 10.3 Å². The van der Waals surface area contributed by atoms with Crippen molar-refractivity contribution in [1.29, 1.82) is 0 Å². The molecule has 0 aliphatic carbocycles. The van der Waals surface area contributed by atoms with Gasteiger partial charge in [-0.25, -0.2) is 13.8 Å². The number of alkyl halides is 5. The molecule has 31 heavy (non-hydrogen) atoms. The summed E-state index contributed by atoms with van der Waals surface area (Å²) in [6.07, 6.45) is -3.95. The molecular formula is C21H19F5N4O. The third-order valence-corrected chi connectivity index (χ3v) is 5.36. The SMILES string of the molecule is Cc1cc(-c2cc(=O)c3ncccc3[nH]2)c(N2CCCC(F)(F)CC2)nc1C(F)(F)F. The molecule has 4 heterocycles. The van der Waals surface area contributed by atoms with E-state index in [1.165, 1.54) is 30.2 Å². The second-order valence-corrected chi connectivity index (χ2v) is 7.67. The Labute approximate surface area is 173 Å². The molecule has 164 valence electrons. The Morgan fingerprint density at radius 1 is 1.16 bits per heavy atom. The van der Waals surface area contributed by atoms with Crippen molar-refractivity contribution < 1.29 is 22.0 Å². The van der Waals surface area contributed by atoms with Crippen molar-refractivity contribution in [3.63, 3.8) is 0 Å². The molecule has 1 saturated heterocycles. The molecule has 5 nitrogen and oxygen atoms in total. The number of halogens is 5. The van der Waals surface area contributed by atoms with Crippen molar-refractivity contribution in [3.8, 4) is 11.3 Å². The van der Waals surface area contributed by atoms with Crippen LogP contribution >= 0.6 is 0 Å². The minimum absolute atomic E-state index is 0.0745. The predicted molar refractivity (Wildman–Crippen MR) is 106 cm³/mol. The molecule has 0 aromatic carbocycles. The zero-order valence-electron chi connectivity index (χ0n) is 16.6. The smallest absolute Gasteiger partial charge is 0.356 e. The molecule has 0 unspecified atom stereocenters. The van der Waals surface area contributed by atoms with Crippen molar-refractivity contribution in [1.82, 2.24) is 15.0 Å². The molecule has 0 bridgehead atoms. The molecule has 3 aromatic rings. The number of aromatic amines is 1. The lowest BCUT2D eigenvalue weighted by Gasteiger charge is -2.26. The second kappa shape index (κ2) is 7.58. The van der Waals surface area contributed by atoms with Gasteiger partial charge in [0, 0.05) is 43.8 Å². The molecule has 10 heteroatoms. The van der Waals surface area contributed by atoms with Crippen LogP contribution in [-0.4, -0.2) is 34.0 Å². The number of pyridine rings is 3. The first-order valence-electron chi connectivity index (χ1n) is 9.75. The van der Waals surface area contributed by atoms with Crippen molar-refractivity contribution in [2.24, 2.45) is 0 Å². The lowest BCUT2D eigenvalue weighted by atomic mass is 10.1. The van der Waals surface area contributed by atoms with Crippen LogP contribution in [0.25, 0.3) is 22.3 Å². The summed E-state index contributed by atoms with van der Waals surface area (Å²) >= 11 is 0. The first-order valence-corrected chi connectivity index (χ1v) is 9.75. The Hall–Kier alpha value is -3.04. The highest BCUT2D eigenvalue weighted by Gasteiger charge is 2.37. The van der Waals surface area contributed by atoms with Crippen molar-refractivity contribution >= 4 is 16.9 Å². The average Bonchev–Trinajstić information content (AvgIpc) is 2.87. The minimum atomic E-state index is -4.70. The quantitative estimate of drug-likeness (QED) is 0.576. The maximum absolute atomic E-state index is 13.9. The van der Waals surface area contributed by atoms with E-state index in [-0.39, 0.29) is 54.1 Å². The lowest BCUT2D eigenvalue weighted by molar-refractivity contribution is -0.141. The zero-order valence-corrected chi connectivity index (χ0v) is 16.6. The highest BCUT2D eigenvalue weighted by Crippen LogP contribution is 2.38. The van der Waals surface area contributed by atoms with E-state index in [1.54, 1.807) is 12.1 Å². The first kappa shape index (κ1) is 21.2. The molecule has 0 atom stereocenters. The van der Waals surface area contributed by atoms with Crippen LogP contribution in [0.15, 0.2) is 35.3 Å². The van der Waals surface area contributed by atoms with Gasteiger partial charge in [-0.1, -0.05) is 0 Å². The van der Waals surface area contributed by atoms with Gasteiger partial charge < -0.3 is 9.88 Å². The maximum atomic E-state index is 13.9. The van der Waals surface area contributed by atoms with Gasteiger partial charge in [0.05, 0.1) is 11.2 Å². The minimum Gasteiger partial charge on any atom is -0.356 e. The fourth-order valence-corrected chi connectivity index (χ4v) is 3.83. The van der Waals surface area contributed by atoms with Gasteiger partial charge in [-0.05, 0) is 37.1 Å². The average molecular weight is 438 g/mol. The van der Waals surface area contributed by atoms with Gasteiger partial charge in [-0.2, -0.15) is 13.2 Å². The molecule has 1 aliphatic rings. The van der Waals surface area contributed by atoms with Gasteiger partial charge >= 0.3 is 6.18 Å². The summed E-state index contributed by atoms with van der Waals surface area (Å²) in [5.74, 6) is -2.95. The van der Waals surface area contributed by atoms with Gasteiger partial charge in [-0.15, -0.1) is 0 Å². The molecule has 0 radical (unpaired) electrons. The monoisotopic (exact) mass is 438 g/mol. The van der Waals surface area contributed by atoms with Crippen LogP contribution in [0.4, 0.5) is 27.8 Å². The summed E-state index contributed by atoms with van der Waals surface area (Å²) in [4.78, 5) is 24.9. The van der Waals surface area contributed by atoms with Crippen molar-refractivity contribution in [2.45, 2.75) is 38.3 Å². The van der Waals surface area contributed by atoms with E-state index in [2.05, 4.69) is 15.0 Å². The topological polar surface area (TPSA) is 61.9 Å². The summed E-state index contributed by atoms with van der Waals surface area (Å²) in [5.41, 5.74) is -0.505. The van der Waals surface area contributed by atoms with Gasteiger partial charge in [0.25, 0.3) is 0 Å². The van der Waals surface area contributed by atoms with Gasteiger partial charge in [0.15, 0.2) is 0 Å². The van der Waals surface area contributed by atoms with Crippen molar-refractivity contribution in [2.75, 3.05) is 18.0 Å². The zero-order chi connectivity index (χ0) is 22.4. The molecule has 0 saturated carbocycles. The number of nitrogens with one attached hydrogen (secondary N) is 1. The Morgan fingerprint density at radius 2 is 1.94 bits per heavy atom. The molecule has 1 fully saturated rings. The number of rotatable bonds is 2. The Morgan fingerprint density at radius 3 is 2.68 bits per heavy atom. The fourth-order valence-electron chi connectivity index (χ4n) is 3.83. The van der Waals surface area contributed by atoms with Crippen LogP contribution in [0.2, 0.25) is 0 Å². The maximum Gasteiger partial charge on any atom is 0.433 e. The molecule has 0 spiro atoms. The van der Waals surface area contributed by atoms with Crippen molar-refractivity contribution in [3.05, 3.63) is 51.9 Å². The van der Waals surface area contributed by atoms with Gasteiger partial charge in [0.2, 0.25) is 11.4 Å². The summed E-state index contributed by atoms with van der Waals surface area (Å²) in [6, 6.07) is 5.79.